The first-order valence-electron chi connectivity index (χ1n) is 7.41. The standard InChI is InChI=1S/C17H15F3N2O2/c1-2-3-10-8-12(23)15(13(24)9-10)14-11(17(18,19)20)4-6-22-7-5-21-16(14)22/h4-9,23-24H,2-3H2,1H3. The molecule has 0 amide bonds. The number of hydrogen-bond acceptors (Lipinski definition) is 3. The number of rotatable bonds is 3. The Balaban J connectivity index is 2.35. The molecule has 0 spiro atoms. The fraction of sp³-hybridized carbons (Fsp3) is 0.235. The van der Waals surface area contributed by atoms with Crippen molar-refractivity contribution < 1.29 is 23.4 Å². The van der Waals surface area contributed by atoms with Gasteiger partial charge in [0.15, 0.2) is 0 Å². The Hall–Kier alpha value is -2.70. The third-order valence-electron chi connectivity index (χ3n) is 3.81. The summed E-state index contributed by atoms with van der Waals surface area (Å²) in [5.74, 6) is -0.805. The summed E-state index contributed by atoms with van der Waals surface area (Å²) in [5.41, 5.74) is -0.902. The molecule has 7 heteroatoms. The second-order valence-corrected chi connectivity index (χ2v) is 5.52. The van der Waals surface area contributed by atoms with Crippen LogP contribution < -0.4 is 0 Å². The van der Waals surface area contributed by atoms with Crippen LogP contribution in [-0.2, 0) is 12.6 Å². The lowest BCUT2D eigenvalue weighted by atomic mass is 9.96. The quantitative estimate of drug-likeness (QED) is 0.746. The molecule has 24 heavy (non-hydrogen) atoms. The normalized spacial score (nSPS) is 12.0. The molecule has 126 valence electrons. The van der Waals surface area contributed by atoms with Crippen molar-refractivity contribution in [1.29, 1.82) is 0 Å². The van der Waals surface area contributed by atoms with Crippen molar-refractivity contribution >= 4 is 5.65 Å². The Morgan fingerprint density at radius 3 is 2.33 bits per heavy atom. The number of aryl methyl sites for hydroxylation is 1. The minimum absolute atomic E-state index is 0.0127. The van der Waals surface area contributed by atoms with Crippen molar-refractivity contribution in [2.75, 3.05) is 0 Å². The Morgan fingerprint density at radius 1 is 1.08 bits per heavy atom. The van der Waals surface area contributed by atoms with E-state index in [4.69, 9.17) is 0 Å². The van der Waals surface area contributed by atoms with E-state index in [2.05, 4.69) is 4.98 Å². The van der Waals surface area contributed by atoms with Gasteiger partial charge in [0.25, 0.3) is 0 Å². The highest BCUT2D eigenvalue weighted by molar-refractivity contribution is 5.88. The molecule has 0 atom stereocenters. The molecule has 0 saturated heterocycles. The summed E-state index contributed by atoms with van der Waals surface area (Å²) >= 11 is 0. The van der Waals surface area contributed by atoms with Crippen molar-refractivity contribution in [2.24, 2.45) is 0 Å². The molecule has 0 bridgehead atoms. The fourth-order valence-corrected chi connectivity index (χ4v) is 2.83. The first-order valence-corrected chi connectivity index (χ1v) is 7.41. The van der Waals surface area contributed by atoms with Gasteiger partial charge < -0.3 is 14.6 Å². The zero-order valence-electron chi connectivity index (χ0n) is 12.8. The third-order valence-corrected chi connectivity index (χ3v) is 3.81. The Labute approximate surface area is 135 Å². The lowest BCUT2D eigenvalue weighted by Gasteiger charge is -2.17. The molecule has 0 aliphatic rings. The summed E-state index contributed by atoms with van der Waals surface area (Å²) < 4.78 is 41.7. The largest absolute Gasteiger partial charge is 0.507 e. The van der Waals surface area contributed by atoms with E-state index in [-0.39, 0.29) is 16.8 Å². The van der Waals surface area contributed by atoms with Gasteiger partial charge in [-0.1, -0.05) is 13.3 Å². The van der Waals surface area contributed by atoms with Crippen LogP contribution in [-0.4, -0.2) is 19.6 Å². The van der Waals surface area contributed by atoms with Crippen molar-refractivity contribution in [3.05, 3.63) is 47.9 Å². The third kappa shape index (κ3) is 2.66. The molecule has 0 unspecified atom stereocenters. The zero-order chi connectivity index (χ0) is 17.5. The highest BCUT2D eigenvalue weighted by atomic mass is 19.4. The van der Waals surface area contributed by atoms with Crippen LogP contribution in [0.4, 0.5) is 13.2 Å². The van der Waals surface area contributed by atoms with E-state index in [0.29, 0.717) is 12.0 Å². The molecule has 0 aliphatic carbocycles. The monoisotopic (exact) mass is 336 g/mol. The van der Waals surface area contributed by atoms with E-state index < -0.39 is 23.2 Å². The molecular weight excluding hydrogens is 321 g/mol. The average Bonchev–Trinajstić information content (AvgIpc) is 2.94. The molecule has 4 nitrogen and oxygen atoms in total. The molecule has 2 heterocycles. The van der Waals surface area contributed by atoms with E-state index in [9.17, 15) is 23.4 Å². The van der Waals surface area contributed by atoms with Crippen molar-refractivity contribution in [3.63, 3.8) is 0 Å². The minimum atomic E-state index is -4.65. The van der Waals surface area contributed by atoms with Crippen molar-refractivity contribution in [1.82, 2.24) is 9.38 Å². The summed E-state index contributed by atoms with van der Waals surface area (Å²) in [5, 5.41) is 20.6. The number of phenolic OH excluding ortho intramolecular Hbond substituents is 2. The number of nitrogens with zero attached hydrogens (tertiary/aromatic N) is 2. The maximum Gasteiger partial charge on any atom is 0.417 e. The lowest BCUT2D eigenvalue weighted by molar-refractivity contribution is -0.137. The van der Waals surface area contributed by atoms with Crippen LogP contribution in [0.15, 0.2) is 36.8 Å². The molecule has 0 aliphatic heterocycles. The second-order valence-electron chi connectivity index (χ2n) is 5.52. The molecule has 2 N–H and O–H groups in total. The summed E-state index contributed by atoms with van der Waals surface area (Å²) in [6, 6.07) is 3.67. The number of aromatic nitrogens is 2. The summed E-state index contributed by atoms with van der Waals surface area (Å²) in [4.78, 5) is 3.95. The molecule has 0 saturated carbocycles. The zero-order valence-corrected chi connectivity index (χ0v) is 12.8. The molecule has 0 fully saturated rings. The number of aromatic hydroxyl groups is 2. The van der Waals surface area contributed by atoms with Crippen LogP contribution in [0.3, 0.4) is 0 Å². The Morgan fingerprint density at radius 2 is 1.75 bits per heavy atom. The van der Waals surface area contributed by atoms with Crippen LogP contribution in [0.5, 0.6) is 11.5 Å². The molecular formula is C17H15F3N2O2. The molecule has 3 rings (SSSR count). The summed E-state index contributed by atoms with van der Waals surface area (Å²) in [6.07, 6.45) is 0.832. The molecule has 2 aromatic heterocycles. The molecule has 1 aromatic carbocycles. The maximum absolute atomic E-state index is 13.4. The van der Waals surface area contributed by atoms with E-state index in [1.165, 1.54) is 35.1 Å². The van der Waals surface area contributed by atoms with Gasteiger partial charge in [-0.3, -0.25) is 0 Å². The van der Waals surface area contributed by atoms with Gasteiger partial charge in [-0.15, -0.1) is 0 Å². The second kappa shape index (κ2) is 5.74. The number of fused-ring (bicyclic) bond motifs is 1. The van der Waals surface area contributed by atoms with Gasteiger partial charge in [0, 0.05) is 24.2 Å². The maximum atomic E-state index is 13.4. The van der Waals surface area contributed by atoms with Gasteiger partial charge in [-0.05, 0) is 30.2 Å². The minimum Gasteiger partial charge on any atom is -0.507 e. The van der Waals surface area contributed by atoms with Crippen LogP contribution in [0, 0.1) is 0 Å². The number of phenols is 2. The first kappa shape index (κ1) is 16.2. The van der Waals surface area contributed by atoms with Crippen molar-refractivity contribution in [2.45, 2.75) is 25.9 Å². The number of halogens is 3. The number of pyridine rings is 1. The van der Waals surface area contributed by atoms with Crippen molar-refractivity contribution in [3.8, 4) is 22.6 Å². The fourth-order valence-electron chi connectivity index (χ4n) is 2.83. The Kier molecular flexibility index (Phi) is 3.87. The van der Waals surface area contributed by atoms with Crippen LogP contribution in [0.25, 0.3) is 16.8 Å². The van der Waals surface area contributed by atoms with E-state index in [1.54, 1.807) is 0 Å². The number of hydrogen-bond donors (Lipinski definition) is 2. The van der Waals surface area contributed by atoms with Gasteiger partial charge >= 0.3 is 6.18 Å². The van der Waals surface area contributed by atoms with Gasteiger partial charge in [0.1, 0.15) is 17.1 Å². The number of benzene rings is 1. The first-order chi connectivity index (χ1) is 11.3. The smallest absolute Gasteiger partial charge is 0.417 e. The van der Waals surface area contributed by atoms with Gasteiger partial charge in [-0.2, -0.15) is 13.2 Å². The van der Waals surface area contributed by atoms with E-state index >= 15 is 0 Å². The van der Waals surface area contributed by atoms with Crippen LogP contribution >= 0.6 is 0 Å². The number of alkyl halides is 3. The summed E-state index contributed by atoms with van der Waals surface area (Å²) in [7, 11) is 0. The Bertz CT molecular complexity index is 877. The SMILES string of the molecule is CCCc1cc(O)c(-c2c(C(F)(F)F)ccn3ccnc23)c(O)c1. The van der Waals surface area contributed by atoms with Crippen LogP contribution in [0.1, 0.15) is 24.5 Å². The predicted molar refractivity (Wildman–Crippen MR) is 83.0 cm³/mol. The highest BCUT2D eigenvalue weighted by Crippen LogP contribution is 2.46. The summed E-state index contributed by atoms with van der Waals surface area (Å²) in [6.45, 7) is 1.93. The highest BCUT2D eigenvalue weighted by Gasteiger charge is 2.36. The van der Waals surface area contributed by atoms with Gasteiger partial charge in [0.2, 0.25) is 0 Å². The topological polar surface area (TPSA) is 57.8 Å². The van der Waals surface area contributed by atoms with Gasteiger partial charge in [-0.25, -0.2) is 4.98 Å². The molecule has 0 radical (unpaired) electrons. The predicted octanol–water partition coefficient (Wildman–Crippen LogP) is 4.38. The average molecular weight is 336 g/mol. The molecule has 3 aromatic rings. The number of imidazole rings is 1. The van der Waals surface area contributed by atoms with Gasteiger partial charge in [0.05, 0.1) is 11.1 Å². The van der Waals surface area contributed by atoms with Crippen LogP contribution in [0.2, 0.25) is 0 Å². The lowest BCUT2D eigenvalue weighted by Crippen LogP contribution is -2.09. The van der Waals surface area contributed by atoms with E-state index in [0.717, 1.165) is 12.5 Å². The van der Waals surface area contributed by atoms with E-state index in [1.807, 2.05) is 6.92 Å².